The Kier molecular flexibility index (Phi) is 4.08. The molecule has 0 saturated carbocycles. The lowest BCUT2D eigenvalue weighted by atomic mass is 10.2. The molecule has 0 bridgehead atoms. The third-order valence-corrected chi connectivity index (χ3v) is 4.71. The highest BCUT2D eigenvalue weighted by molar-refractivity contribution is 7.92. The van der Waals surface area contributed by atoms with Crippen LogP contribution in [0.4, 0.5) is 11.4 Å². The van der Waals surface area contributed by atoms with E-state index in [9.17, 15) is 8.42 Å². The summed E-state index contributed by atoms with van der Waals surface area (Å²) in [5.74, 6) is 0. The molecule has 0 aliphatic heterocycles. The minimum absolute atomic E-state index is 0.00224. The smallest absolute Gasteiger partial charge is 0.262 e. The Morgan fingerprint density at radius 2 is 2.00 bits per heavy atom. The van der Waals surface area contributed by atoms with E-state index >= 15 is 0 Å². The monoisotopic (exact) mass is 331 g/mol. The van der Waals surface area contributed by atoms with Crippen molar-refractivity contribution in [3.05, 3.63) is 46.2 Å². The van der Waals surface area contributed by atoms with E-state index in [0.717, 1.165) is 0 Å². The summed E-state index contributed by atoms with van der Waals surface area (Å²) in [5.41, 5.74) is 6.63. The van der Waals surface area contributed by atoms with E-state index in [2.05, 4.69) is 9.71 Å². The van der Waals surface area contributed by atoms with Gasteiger partial charge in [-0.1, -0.05) is 23.2 Å². The fourth-order valence-corrected chi connectivity index (χ4v) is 3.47. The second kappa shape index (κ2) is 5.47. The molecule has 1 heterocycles. The minimum Gasteiger partial charge on any atom is -0.398 e. The van der Waals surface area contributed by atoms with Gasteiger partial charge in [0.05, 0.1) is 21.8 Å². The first-order valence-corrected chi connectivity index (χ1v) is 7.73. The van der Waals surface area contributed by atoms with E-state index in [0.29, 0.717) is 11.3 Å². The van der Waals surface area contributed by atoms with Crippen LogP contribution in [0.2, 0.25) is 10.0 Å². The molecular formula is C12H11Cl2N3O2S. The van der Waals surface area contributed by atoms with E-state index < -0.39 is 10.0 Å². The number of anilines is 2. The van der Waals surface area contributed by atoms with Crippen LogP contribution in [-0.2, 0) is 10.0 Å². The van der Waals surface area contributed by atoms with Gasteiger partial charge in [-0.05, 0) is 30.7 Å². The van der Waals surface area contributed by atoms with Crippen LogP contribution in [0, 0.1) is 6.92 Å². The van der Waals surface area contributed by atoms with Gasteiger partial charge in [0.15, 0.2) is 0 Å². The van der Waals surface area contributed by atoms with Gasteiger partial charge < -0.3 is 5.73 Å². The topological polar surface area (TPSA) is 85.1 Å². The molecule has 0 spiro atoms. The Bertz CT molecular complexity index is 763. The van der Waals surface area contributed by atoms with Gasteiger partial charge in [-0.2, -0.15) is 0 Å². The number of nitrogens with two attached hydrogens (primary N) is 1. The van der Waals surface area contributed by atoms with Crippen LogP contribution in [0.5, 0.6) is 0 Å². The van der Waals surface area contributed by atoms with Crippen molar-refractivity contribution in [2.75, 3.05) is 10.5 Å². The maximum Gasteiger partial charge on any atom is 0.262 e. The summed E-state index contributed by atoms with van der Waals surface area (Å²) in [5, 5.41) is 0.488. The molecule has 0 atom stereocenters. The Morgan fingerprint density at radius 3 is 2.65 bits per heavy atom. The van der Waals surface area contributed by atoms with Crippen molar-refractivity contribution in [2.24, 2.45) is 0 Å². The highest BCUT2D eigenvalue weighted by Gasteiger charge is 2.20. The van der Waals surface area contributed by atoms with Crippen LogP contribution < -0.4 is 10.5 Å². The van der Waals surface area contributed by atoms with Gasteiger partial charge in [-0.25, -0.2) is 8.42 Å². The van der Waals surface area contributed by atoms with E-state index in [1.165, 1.54) is 30.6 Å². The average molecular weight is 332 g/mol. The van der Waals surface area contributed by atoms with Crippen molar-refractivity contribution in [3.8, 4) is 0 Å². The maximum atomic E-state index is 12.4. The molecule has 0 aliphatic rings. The first kappa shape index (κ1) is 14.9. The van der Waals surface area contributed by atoms with Gasteiger partial charge in [-0.15, -0.1) is 0 Å². The standard InChI is InChI=1S/C12H11Cl2N3O2S/c1-7-10(15)4-8(13)5-12(7)20(18,19)17-11-6-16-3-2-9(11)14/h2-6,17H,15H2,1H3. The van der Waals surface area contributed by atoms with Crippen molar-refractivity contribution in [1.82, 2.24) is 4.98 Å². The SMILES string of the molecule is Cc1c(N)cc(Cl)cc1S(=O)(=O)Nc1cnccc1Cl. The van der Waals surface area contributed by atoms with Crippen molar-refractivity contribution < 1.29 is 8.42 Å². The Morgan fingerprint density at radius 1 is 1.30 bits per heavy atom. The molecule has 0 unspecified atom stereocenters. The van der Waals surface area contributed by atoms with E-state index in [-0.39, 0.29) is 20.6 Å². The zero-order valence-electron chi connectivity index (χ0n) is 10.4. The van der Waals surface area contributed by atoms with Gasteiger partial charge in [0.1, 0.15) is 0 Å². The first-order valence-electron chi connectivity index (χ1n) is 5.49. The summed E-state index contributed by atoms with van der Waals surface area (Å²) < 4.78 is 27.1. The molecule has 5 nitrogen and oxygen atoms in total. The maximum absolute atomic E-state index is 12.4. The average Bonchev–Trinajstić information content (AvgIpc) is 2.36. The third-order valence-electron chi connectivity index (χ3n) is 2.67. The number of sulfonamides is 1. The molecule has 0 saturated heterocycles. The summed E-state index contributed by atoms with van der Waals surface area (Å²) in [4.78, 5) is 3.82. The van der Waals surface area contributed by atoms with Gasteiger partial charge in [-0.3, -0.25) is 9.71 Å². The number of hydrogen-bond acceptors (Lipinski definition) is 4. The van der Waals surface area contributed by atoms with Gasteiger partial charge in [0.2, 0.25) is 0 Å². The highest BCUT2D eigenvalue weighted by atomic mass is 35.5. The van der Waals surface area contributed by atoms with Crippen LogP contribution in [0.15, 0.2) is 35.5 Å². The molecule has 0 fully saturated rings. The molecule has 0 amide bonds. The molecule has 20 heavy (non-hydrogen) atoms. The second-order valence-electron chi connectivity index (χ2n) is 4.08. The Labute approximate surface area is 126 Å². The Hall–Kier alpha value is -1.50. The van der Waals surface area contributed by atoms with E-state index in [1.54, 1.807) is 6.92 Å². The molecule has 1 aromatic heterocycles. The molecular weight excluding hydrogens is 321 g/mol. The lowest BCUT2D eigenvalue weighted by Gasteiger charge is -2.13. The molecule has 0 radical (unpaired) electrons. The molecule has 8 heteroatoms. The number of aromatic nitrogens is 1. The predicted octanol–water partition coefficient (Wildman–Crippen LogP) is 3.08. The van der Waals surface area contributed by atoms with E-state index in [1.807, 2.05) is 0 Å². The molecule has 106 valence electrons. The number of pyridine rings is 1. The molecule has 1 aromatic carbocycles. The van der Waals surface area contributed by atoms with Gasteiger partial charge in [0, 0.05) is 16.9 Å². The van der Waals surface area contributed by atoms with Crippen LogP contribution in [0.1, 0.15) is 5.56 Å². The van der Waals surface area contributed by atoms with Crippen molar-refractivity contribution in [3.63, 3.8) is 0 Å². The van der Waals surface area contributed by atoms with Crippen molar-refractivity contribution >= 4 is 44.6 Å². The number of nitrogens with zero attached hydrogens (tertiary/aromatic N) is 1. The zero-order chi connectivity index (χ0) is 14.9. The number of hydrogen-bond donors (Lipinski definition) is 2. The lowest BCUT2D eigenvalue weighted by molar-refractivity contribution is 0.600. The van der Waals surface area contributed by atoms with Crippen molar-refractivity contribution in [1.29, 1.82) is 0 Å². The summed E-state index contributed by atoms with van der Waals surface area (Å²) in [6, 6.07) is 4.31. The number of rotatable bonds is 3. The number of benzene rings is 1. The summed E-state index contributed by atoms with van der Waals surface area (Å²) in [6.07, 6.45) is 2.78. The van der Waals surface area contributed by atoms with Gasteiger partial charge in [0.25, 0.3) is 10.0 Å². The molecule has 2 aromatic rings. The van der Waals surface area contributed by atoms with E-state index in [4.69, 9.17) is 28.9 Å². The number of halogens is 2. The first-order chi connectivity index (χ1) is 9.31. The van der Waals surface area contributed by atoms with Crippen LogP contribution in [-0.4, -0.2) is 13.4 Å². The summed E-state index contributed by atoms with van der Waals surface area (Å²) in [7, 11) is -3.85. The Balaban J connectivity index is 2.49. The van der Waals surface area contributed by atoms with Gasteiger partial charge >= 0.3 is 0 Å². The van der Waals surface area contributed by atoms with Crippen LogP contribution in [0.25, 0.3) is 0 Å². The minimum atomic E-state index is -3.85. The lowest BCUT2D eigenvalue weighted by Crippen LogP contribution is -2.15. The summed E-state index contributed by atoms with van der Waals surface area (Å²) in [6.45, 7) is 1.60. The third kappa shape index (κ3) is 2.98. The second-order valence-corrected chi connectivity index (χ2v) is 6.57. The fourth-order valence-electron chi connectivity index (χ4n) is 1.61. The normalized spacial score (nSPS) is 11.3. The summed E-state index contributed by atoms with van der Waals surface area (Å²) >= 11 is 11.8. The quantitative estimate of drug-likeness (QED) is 0.846. The fraction of sp³-hybridized carbons (Fsp3) is 0.0833. The van der Waals surface area contributed by atoms with Crippen LogP contribution >= 0.6 is 23.2 Å². The largest absolute Gasteiger partial charge is 0.398 e. The molecule has 0 aliphatic carbocycles. The molecule has 2 rings (SSSR count). The molecule has 3 N–H and O–H groups in total. The van der Waals surface area contributed by atoms with Crippen LogP contribution in [0.3, 0.4) is 0 Å². The van der Waals surface area contributed by atoms with Crippen molar-refractivity contribution in [2.45, 2.75) is 11.8 Å². The zero-order valence-corrected chi connectivity index (χ0v) is 12.7. The number of nitrogens with one attached hydrogen (secondary N) is 1. The predicted molar refractivity (Wildman–Crippen MR) is 80.7 cm³/mol. The highest BCUT2D eigenvalue weighted by Crippen LogP contribution is 2.29. The number of nitrogen functional groups attached to an aromatic ring is 1.